The van der Waals surface area contributed by atoms with Gasteiger partial charge in [-0.25, -0.2) is 12.8 Å². The molecule has 1 heterocycles. The Morgan fingerprint density at radius 3 is 2.28 bits per heavy atom. The van der Waals surface area contributed by atoms with Crippen LogP contribution in [-0.4, -0.2) is 52.0 Å². The molecule has 0 aromatic heterocycles. The lowest BCUT2D eigenvalue weighted by Gasteiger charge is -2.44. The first kappa shape index (κ1) is 30.1. The van der Waals surface area contributed by atoms with Gasteiger partial charge in [0.2, 0.25) is 10.0 Å². The van der Waals surface area contributed by atoms with Crippen molar-refractivity contribution >= 4 is 38.9 Å². The molecule has 1 saturated carbocycles. The standard InChI is InChI=1S/C29H37Cl2FN2O4S/c1-18(33-39(5,35)36)24-15-25(20-6-7-20)27(16-26(24)32)38-17-19-8-10-34(11-9-19)28(29(2,3)37-4)21-12-22(30)14-23(31)13-21/h12-16,19-20,28,33H,1,6-11,17H2,2-5H3/t28-/m1/s1. The molecular weight excluding hydrogens is 562 g/mol. The smallest absolute Gasteiger partial charge is 0.229 e. The van der Waals surface area contributed by atoms with Gasteiger partial charge in [-0.1, -0.05) is 29.8 Å². The first-order valence-corrected chi connectivity index (χ1v) is 15.8. The van der Waals surface area contributed by atoms with Crippen molar-refractivity contribution in [3.05, 3.63) is 69.5 Å². The van der Waals surface area contributed by atoms with E-state index in [9.17, 15) is 12.8 Å². The Morgan fingerprint density at radius 2 is 1.74 bits per heavy atom. The van der Waals surface area contributed by atoms with Crippen LogP contribution in [0.25, 0.3) is 5.70 Å². The first-order chi connectivity index (χ1) is 18.3. The van der Waals surface area contributed by atoms with Crippen LogP contribution >= 0.6 is 23.2 Å². The molecule has 0 amide bonds. The van der Waals surface area contributed by atoms with E-state index in [0.717, 1.165) is 56.2 Å². The zero-order chi connectivity index (χ0) is 28.5. The van der Waals surface area contributed by atoms with Crippen LogP contribution in [0.2, 0.25) is 10.0 Å². The highest BCUT2D eigenvalue weighted by Gasteiger charge is 2.38. The molecule has 2 aromatic rings. The third kappa shape index (κ3) is 7.67. The molecule has 4 rings (SSSR count). The molecule has 2 aliphatic rings. The number of methoxy groups -OCH3 is 1. The summed E-state index contributed by atoms with van der Waals surface area (Å²) < 4.78 is 52.6. The van der Waals surface area contributed by atoms with Gasteiger partial charge in [-0.3, -0.25) is 9.62 Å². The zero-order valence-corrected chi connectivity index (χ0v) is 25.2. The largest absolute Gasteiger partial charge is 0.493 e. The molecule has 0 unspecified atom stereocenters. The summed E-state index contributed by atoms with van der Waals surface area (Å²) in [5, 5.41) is 1.19. The van der Waals surface area contributed by atoms with Gasteiger partial charge in [-0.2, -0.15) is 0 Å². The molecule has 1 aliphatic heterocycles. The molecule has 2 fully saturated rings. The highest BCUT2D eigenvalue weighted by Crippen LogP contribution is 2.46. The minimum atomic E-state index is -3.56. The van der Waals surface area contributed by atoms with E-state index in [0.29, 0.717) is 28.3 Å². The van der Waals surface area contributed by atoms with Gasteiger partial charge in [0.15, 0.2) is 0 Å². The lowest BCUT2D eigenvalue weighted by molar-refractivity contribution is -0.0644. The van der Waals surface area contributed by atoms with E-state index in [1.165, 1.54) is 6.07 Å². The Morgan fingerprint density at radius 1 is 1.13 bits per heavy atom. The topological polar surface area (TPSA) is 67.9 Å². The van der Waals surface area contributed by atoms with Gasteiger partial charge >= 0.3 is 0 Å². The molecule has 6 nitrogen and oxygen atoms in total. The number of nitrogens with zero attached hydrogens (tertiary/aromatic N) is 1. The maximum absolute atomic E-state index is 15.0. The van der Waals surface area contributed by atoms with Gasteiger partial charge < -0.3 is 9.47 Å². The molecule has 2 aromatic carbocycles. The first-order valence-electron chi connectivity index (χ1n) is 13.2. The number of sulfonamides is 1. The number of rotatable bonds is 11. The van der Waals surface area contributed by atoms with E-state index < -0.39 is 21.4 Å². The summed E-state index contributed by atoms with van der Waals surface area (Å²) in [6, 6.07) is 8.65. The molecule has 1 saturated heterocycles. The van der Waals surface area contributed by atoms with Crippen LogP contribution < -0.4 is 9.46 Å². The minimum absolute atomic E-state index is 0.0188. The van der Waals surface area contributed by atoms with Crippen molar-refractivity contribution in [1.29, 1.82) is 0 Å². The summed E-state index contributed by atoms with van der Waals surface area (Å²) in [5.74, 6) is 0.566. The van der Waals surface area contributed by atoms with Gasteiger partial charge in [-0.05, 0) is 99.8 Å². The predicted octanol–water partition coefficient (Wildman–Crippen LogP) is 6.79. The third-order valence-electron chi connectivity index (χ3n) is 7.62. The second kappa shape index (κ2) is 12.0. The maximum Gasteiger partial charge on any atom is 0.229 e. The van der Waals surface area contributed by atoms with Crippen LogP contribution in [-0.2, 0) is 14.8 Å². The Bertz CT molecular complexity index is 1300. The van der Waals surface area contributed by atoms with Crippen molar-refractivity contribution < 1.29 is 22.3 Å². The average molecular weight is 600 g/mol. The molecule has 10 heteroatoms. The Kier molecular flexibility index (Phi) is 9.23. The van der Waals surface area contributed by atoms with E-state index in [2.05, 4.69) is 30.0 Å². The van der Waals surface area contributed by atoms with E-state index in [1.807, 2.05) is 12.1 Å². The van der Waals surface area contributed by atoms with Crippen molar-refractivity contribution in [3.8, 4) is 5.75 Å². The van der Waals surface area contributed by atoms with Crippen molar-refractivity contribution in [2.75, 3.05) is 33.1 Å². The lowest BCUT2D eigenvalue weighted by Crippen LogP contribution is -2.47. The molecule has 39 heavy (non-hydrogen) atoms. The molecular formula is C29H37Cl2FN2O4S. The normalized spacial score (nSPS) is 18.1. The van der Waals surface area contributed by atoms with E-state index >= 15 is 0 Å². The highest BCUT2D eigenvalue weighted by atomic mass is 35.5. The molecule has 214 valence electrons. The number of ether oxygens (including phenoxy) is 2. The van der Waals surface area contributed by atoms with Gasteiger partial charge in [0.1, 0.15) is 11.6 Å². The van der Waals surface area contributed by atoms with Crippen LogP contribution in [0, 0.1) is 11.7 Å². The fourth-order valence-corrected chi connectivity index (χ4v) is 6.50. The molecule has 0 spiro atoms. The molecule has 0 radical (unpaired) electrons. The summed E-state index contributed by atoms with van der Waals surface area (Å²) in [7, 11) is -1.84. The lowest BCUT2D eigenvalue weighted by atomic mass is 9.87. The van der Waals surface area contributed by atoms with Crippen molar-refractivity contribution in [1.82, 2.24) is 9.62 Å². The predicted molar refractivity (Wildman–Crippen MR) is 155 cm³/mol. The maximum atomic E-state index is 15.0. The van der Waals surface area contributed by atoms with Crippen LogP contribution in [0.3, 0.4) is 0 Å². The van der Waals surface area contributed by atoms with Gasteiger partial charge in [0, 0.05) is 28.8 Å². The van der Waals surface area contributed by atoms with E-state index in [4.69, 9.17) is 32.7 Å². The van der Waals surface area contributed by atoms with Crippen molar-refractivity contribution in [3.63, 3.8) is 0 Å². The Hall–Kier alpha value is -1.84. The third-order valence-corrected chi connectivity index (χ3v) is 8.68. The number of piperidine rings is 1. The van der Waals surface area contributed by atoms with Crippen LogP contribution in [0.1, 0.15) is 68.2 Å². The summed E-state index contributed by atoms with van der Waals surface area (Å²) in [4.78, 5) is 2.41. The monoisotopic (exact) mass is 598 g/mol. The number of benzene rings is 2. The van der Waals surface area contributed by atoms with Gasteiger partial charge in [0.05, 0.1) is 30.2 Å². The fraction of sp³-hybridized carbons (Fsp3) is 0.517. The Balaban J connectivity index is 1.44. The van der Waals surface area contributed by atoms with Crippen LogP contribution in [0.5, 0.6) is 5.75 Å². The molecule has 0 bridgehead atoms. The summed E-state index contributed by atoms with van der Waals surface area (Å²) in [5.41, 5.74) is 1.62. The van der Waals surface area contributed by atoms with Crippen molar-refractivity contribution in [2.24, 2.45) is 5.92 Å². The second-order valence-corrected chi connectivity index (χ2v) is 13.8. The fourth-order valence-electron chi connectivity index (χ4n) is 5.40. The van der Waals surface area contributed by atoms with Crippen LogP contribution in [0.4, 0.5) is 4.39 Å². The minimum Gasteiger partial charge on any atom is -0.493 e. The number of nitrogens with one attached hydrogen (secondary N) is 1. The number of likely N-dealkylation sites (tertiary alicyclic amines) is 1. The molecule has 1 aliphatic carbocycles. The van der Waals surface area contributed by atoms with Gasteiger partial charge in [-0.15, -0.1) is 0 Å². The molecule has 1 atom stereocenters. The number of hydrogen-bond donors (Lipinski definition) is 1. The van der Waals surface area contributed by atoms with Gasteiger partial charge in [0.25, 0.3) is 0 Å². The number of hydrogen-bond acceptors (Lipinski definition) is 5. The summed E-state index contributed by atoms with van der Waals surface area (Å²) in [6.45, 7) is 10.0. The summed E-state index contributed by atoms with van der Waals surface area (Å²) in [6.07, 6.45) is 4.84. The average Bonchev–Trinajstić information content (AvgIpc) is 3.67. The quantitative estimate of drug-likeness (QED) is 0.308. The second-order valence-electron chi connectivity index (χ2n) is 11.2. The highest BCUT2D eigenvalue weighted by molar-refractivity contribution is 7.89. The van der Waals surface area contributed by atoms with Crippen LogP contribution in [0.15, 0.2) is 36.9 Å². The summed E-state index contributed by atoms with van der Waals surface area (Å²) >= 11 is 12.7. The number of halogens is 3. The zero-order valence-electron chi connectivity index (χ0n) is 22.9. The van der Waals surface area contributed by atoms with E-state index in [-0.39, 0.29) is 23.2 Å². The molecule has 1 N–H and O–H groups in total. The Labute approximate surface area is 241 Å². The SMILES string of the molecule is C=C(NS(C)(=O)=O)c1cc(C2CC2)c(OCC2CCN([C@H](c3cc(Cl)cc(Cl)c3)C(C)(C)OC)CC2)cc1F. The van der Waals surface area contributed by atoms with E-state index in [1.54, 1.807) is 19.2 Å². The van der Waals surface area contributed by atoms with Crippen molar-refractivity contribution in [2.45, 2.75) is 57.1 Å².